The third-order valence-electron chi connectivity index (χ3n) is 5.29. The fourth-order valence-corrected chi connectivity index (χ4v) is 4.24. The number of thiol groups is 1. The summed E-state index contributed by atoms with van der Waals surface area (Å²) in [6.45, 7) is 0.163. The van der Waals surface area contributed by atoms with Gasteiger partial charge in [0.1, 0.15) is 0 Å². The van der Waals surface area contributed by atoms with Crippen molar-refractivity contribution >= 4 is 36.9 Å². The molecular weight excluding hydrogens is 423 g/mol. The summed E-state index contributed by atoms with van der Waals surface area (Å²) in [5.74, 6) is 0. The molecule has 7 heteroatoms. The summed E-state index contributed by atoms with van der Waals surface area (Å²) in [4.78, 5) is 17.1. The number of hydrogen-bond donors (Lipinski definition) is 3. The van der Waals surface area contributed by atoms with Crippen LogP contribution < -0.4 is 0 Å². The second kappa shape index (κ2) is 21.8. The summed E-state index contributed by atoms with van der Waals surface area (Å²) in [5.41, 5.74) is 0. The number of thiocarbonyl (C=S) groups is 1. The van der Waals surface area contributed by atoms with Gasteiger partial charge < -0.3 is 9.79 Å². The number of hydrogen-bond acceptors (Lipinski definition) is 3. The Morgan fingerprint density at radius 1 is 0.621 bits per heavy atom. The van der Waals surface area contributed by atoms with E-state index in [1.54, 1.807) is 0 Å². The first-order valence-electron chi connectivity index (χ1n) is 11.8. The summed E-state index contributed by atoms with van der Waals surface area (Å²) in [6.07, 6.45) is 25.4. The van der Waals surface area contributed by atoms with Gasteiger partial charge in [-0.2, -0.15) is 0 Å². The fraction of sp³-hybridized carbons (Fsp3) is 0.955. The van der Waals surface area contributed by atoms with Crippen LogP contribution in [-0.4, -0.2) is 20.6 Å². The van der Waals surface area contributed by atoms with E-state index >= 15 is 0 Å². The average Bonchev–Trinajstić information content (AvgIpc) is 2.64. The van der Waals surface area contributed by atoms with Gasteiger partial charge in [-0.05, 0) is 19.3 Å². The molecule has 0 amide bonds. The molecule has 0 aromatic heterocycles. The molecule has 2 N–H and O–H groups in total. The van der Waals surface area contributed by atoms with Crippen LogP contribution in [0, 0.1) is 0 Å². The van der Waals surface area contributed by atoms with Gasteiger partial charge in [-0.3, -0.25) is 4.52 Å². The molecule has 0 spiro atoms. The van der Waals surface area contributed by atoms with E-state index in [9.17, 15) is 4.57 Å². The molecule has 4 nitrogen and oxygen atoms in total. The Morgan fingerprint density at radius 2 is 0.897 bits per heavy atom. The number of unbranched alkanes of at least 4 members (excludes halogenated alkanes) is 18. The van der Waals surface area contributed by atoms with Gasteiger partial charge >= 0.3 is 7.82 Å². The van der Waals surface area contributed by atoms with Crippen molar-refractivity contribution in [1.82, 2.24) is 0 Å². The van der Waals surface area contributed by atoms with Crippen molar-refractivity contribution in [2.75, 3.05) is 6.61 Å². The summed E-state index contributed by atoms with van der Waals surface area (Å²) in [5, 5.41) is 0. The summed E-state index contributed by atoms with van der Waals surface area (Å²) < 4.78 is 15.8. The highest BCUT2D eigenvalue weighted by Gasteiger charge is 2.12. The van der Waals surface area contributed by atoms with Crippen LogP contribution in [0.5, 0.6) is 0 Å². The van der Waals surface area contributed by atoms with E-state index in [0.717, 1.165) is 29.9 Å². The first kappa shape index (κ1) is 29.5. The first-order valence-corrected chi connectivity index (χ1v) is 14.2. The minimum atomic E-state index is -4.27. The zero-order valence-corrected chi connectivity index (χ0v) is 21.0. The molecule has 29 heavy (non-hydrogen) atoms. The highest BCUT2D eigenvalue weighted by molar-refractivity contribution is 8.11. The van der Waals surface area contributed by atoms with Crippen molar-refractivity contribution in [3.05, 3.63) is 0 Å². The maximum absolute atomic E-state index is 10.5. The molecule has 0 fully saturated rings. The maximum Gasteiger partial charge on any atom is 0.469 e. The van der Waals surface area contributed by atoms with Crippen LogP contribution in [0.1, 0.15) is 128 Å². The van der Waals surface area contributed by atoms with E-state index in [2.05, 4.69) is 17.2 Å². The number of phosphoric acid groups is 1. The van der Waals surface area contributed by atoms with E-state index in [0.29, 0.717) is 0 Å². The lowest BCUT2D eigenvalue weighted by Crippen LogP contribution is -1.92. The molecule has 174 valence electrons. The SMILES string of the molecule is O=P(O)(O)OCCCCCCCCCCCCCCCCCCCCCC(=S)S. The molecule has 0 aliphatic rings. The molecule has 0 atom stereocenters. The highest BCUT2D eigenvalue weighted by atomic mass is 32.1. The van der Waals surface area contributed by atoms with Gasteiger partial charge in [0.25, 0.3) is 0 Å². The normalized spacial score (nSPS) is 11.8. The predicted molar refractivity (Wildman–Crippen MR) is 132 cm³/mol. The van der Waals surface area contributed by atoms with Gasteiger partial charge in [0.05, 0.1) is 6.61 Å². The van der Waals surface area contributed by atoms with E-state index in [1.165, 1.54) is 103 Å². The molecule has 0 aliphatic carbocycles. The minimum Gasteiger partial charge on any atom is -0.303 e. The van der Waals surface area contributed by atoms with E-state index < -0.39 is 7.82 Å². The lowest BCUT2D eigenvalue weighted by atomic mass is 10.0. The van der Waals surface area contributed by atoms with Crippen LogP contribution >= 0.6 is 32.7 Å². The first-order chi connectivity index (χ1) is 13.9. The Bertz CT molecular complexity index is 416. The Morgan fingerprint density at radius 3 is 1.17 bits per heavy atom. The third-order valence-corrected chi connectivity index (χ3v) is 6.24. The largest absolute Gasteiger partial charge is 0.469 e. The number of phosphoric ester groups is 1. The van der Waals surface area contributed by atoms with Crippen LogP contribution in [-0.2, 0) is 9.09 Å². The lowest BCUT2D eigenvalue weighted by molar-refractivity contribution is 0.193. The maximum atomic E-state index is 10.5. The standard InChI is InChI=1S/C22H45O4PS2/c23-27(24,25)26-21-19-17-15-13-11-9-7-5-3-1-2-4-6-8-10-12-14-16-18-20-22(28)29/h1-21H2,(H,28,29)(H2,23,24,25). The van der Waals surface area contributed by atoms with Crippen molar-refractivity contribution in [3.8, 4) is 0 Å². The van der Waals surface area contributed by atoms with Gasteiger partial charge in [0.2, 0.25) is 0 Å². The van der Waals surface area contributed by atoms with Gasteiger partial charge in [0, 0.05) is 4.20 Å². The molecule has 0 rings (SSSR count). The van der Waals surface area contributed by atoms with Crippen LogP contribution in [0.3, 0.4) is 0 Å². The quantitative estimate of drug-likeness (QED) is 0.0611. The second-order valence-electron chi connectivity index (χ2n) is 8.19. The monoisotopic (exact) mass is 468 g/mol. The van der Waals surface area contributed by atoms with Crippen molar-refractivity contribution in [1.29, 1.82) is 0 Å². The summed E-state index contributed by atoms with van der Waals surface area (Å²) in [6, 6.07) is 0. The Kier molecular flexibility index (Phi) is 22.2. The van der Waals surface area contributed by atoms with Crippen LogP contribution in [0.25, 0.3) is 0 Å². The van der Waals surface area contributed by atoms with Crippen LogP contribution in [0.4, 0.5) is 0 Å². The van der Waals surface area contributed by atoms with Crippen molar-refractivity contribution in [2.24, 2.45) is 0 Å². The molecule has 0 saturated carbocycles. The molecule has 0 aromatic carbocycles. The summed E-state index contributed by atoms with van der Waals surface area (Å²) in [7, 11) is -4.27. The molecule has 0 saturated heterocycles. The van der Waals surface area contributed by atoms with Crippen LogP contribution in [0.15, 0.2) is 0 Å². The molecule has 0 radical (unpaired) electrons. The molecule has 0 heterocycles. The lowest BCUT2D eigenvalue weighted by Gasteiger charge is -2.05. The van der Waals surface area contributed by atoms with Gasteiger partial charge in [-0.25, -0.2) is 4.57 Å². The topological polar surface area (TPSA) is 66.8 Å². The molecule has 0 aliphatic heterocycles. The Hall–Kier alpha value is 0.550. The van der Waals surface area contributed by atoms with E-state index in [4.69, 9.17) is 22.0 Å². The fourth-order valence-electron chi connectivity index (χ4n) is 3.57. The molecular formula is C22H45O4PS2. The van der Waals surface area contributed by atoms with Gasteiger partial charge in [-0.15, -0.1) is 12.6 Å². The van der Waals surface area contributed by atoms with Crippen molar-refractivity contribution in [2.45, 2.75) is 128 Å². The van der Waals surface area contributed by atoms with Crippen molar-refractivity contribution < 1.29 is 18.9 Å². The van der Waals surface area contributed by atoms with E-state index in [1.807, 2.05) is 0 Å². The number of rotatable bonds is 23. The predicted octanol–water partition coefficient (Wildman–Crippen LogP) is 8.15. The Labute approximate surface area is 190 Å². The Balaban J connectivity index is 3.05. The highest BCUT2D eigenvalue weighted by Crippen LogP contribution is 2.35. The zero-order valence-electron chi connectivity index (χ0n) is 18.4. The van der Waals surface area contributed by atoms with Crippen molar-refractivity contribution in [3.63, 3.8) is 0 Å². The smallest absolute Gasteiger partial charge is 0.303 e. The molecule has 0 bridgehead atoms. The van der Waals surface area contributed by atoms with E-state index in [-0.39, 0.29) is 6.61 Å². The van der Waals surface area contributed by atoms with Crippen LogP contribution in [0.2, 0.25) is 0 Å². The van der Waals surface area contributed by atoms with Gasteiger partial charge in [0.15, 0.2) is 0 Å². The molecule has 0 aromatic rings. The summed E-state index contributed by atoms with van der Waals surface area (Å²) >= 11 is 9.13. The minimum absolute atomic E-state index is 0.163. The second-order valence-corrected chi connectivity index (χ2v) is 10.8. The van der Waals surface area contributed by atoms with Gasteiger partial charge in [-0.1, -0.05) is 121 Å². The molecule has 0 unspecified atom stereocenters. The zero-order chi connectivity index (χ0) is 21.6. The average molecular weight is 469 g/mol. The third kappa shape index (κ3) is 28.6.